The second-order valence-electron chi connectivity index (χ2n) is 4.55. The number of para-hydroxylation sites is 1. The lowest BCUT2D eigenvalue weighted by molar-refractivity contribution is 0.170. The normalized spacial score (nSPS) is 13.4. The standard InChI is InChI=1S/C7H6BFO4.C7H5FO2/c9-6-4(8(10)11)1-2-5-7(6)13-3-12-5;8-5-2-1-3-6-7(5)10-4-9-6/h1-2,10-11H,3H2;1-3H,4H2. The maximum Gasteiger partial charge on any atom is 0.491 e. The van der Waals surface area contributed by atoms with Crippen LogP contribution in [0.2, 0.25) is 0 Å². The topological polar surface area (TPSA) is 77.4 Å². The number of benzene rings is 2. The summed E-state index contributed by atoms with van der Waals surface area (Å²) in [4.78, 5) is 0. The Hall–Kier alpha value is -2.52. The van der Waals surface area contributed by atoms with E-state index in [2.05, 4.69) is 0 Å². The Morgan fingerprint density at radius 2 is 1.48 bits per heavy atom. The summed E-state index contributed by atoms with van der Waals surface area (Å²) in [5.74, 6) is -0.227. The highest BCUT2D eigenvalue weighted by molar-refractivity contribution is 6.58. The van der Waals surface area contributed by atoms with Gasteiger partial charge in [0.1, 0.15) is 0 Å². The van der Waals surface area contributed by atoms with Crippen LogP contribution < -0.4 is 24.4 Å². The van der Waals surface area contributed by atoms with Crippen LogP contribution in [0.4, 0.5) is 8.78 Å². The minimum absolute atomic E-state index is 0.0444. The van der Waals surface area contributed by atoms with Crippen LogP contribution in [-0.2, 0) is 0 Å². The Balaban J connectivity index is 0.000000140. The first kappa shape index (κ1) is 15.4. The third kappa shape index (κ3) is 3.01. The highest BCUT2D eigenvalue weighted by Crippen LogP contribution is 2.34. The third-order valence-corrected chi connectivity index (χ3v) is 3.14. The zero-order chi connectivity index (χ0) is 16.4. The molecule has 0 spiro atoms. The number of halogens is 2. The zero-order valence-corrected chi connectivity index (χ0v) is 11.7. The van der Waals surface area contributed by atoms with E-state index in [1.165, 1.54) is 18.2 Å². The Bertz CT molecular complexity index is 725. The molecule has 0 fully saturated rings. The smallest absolute Gasteiger partial charge is 0.453 e. The summed E-state index contributed by atoms with van der Waals surface area (Å²) in [7, 11) is -1.84. The number of hydrogen-bond donors (Lipinski definition) is 2. The van der Waals surface area contributed by atoms with Crippen molar-refractivity contribution in [2.45, 2.75) is 0 Å². The first-order chi connectivity index (χ1) is 11.1. The molecular weight excluding hydrogens is 313 g/mol. The lowest BCUT2D eigenvalue weighted by atomic mass is 9.79. The molecule has 2 aliphatic rings. The number of fused-ring (bicyclic) bond motifs is 2. The lowest BCUT2D eigenvalue weighted by Gasteiger charge is -2.03. The molecule has 0 bridgehead atoms. The highest BCUT2D eigenvalue weighted by Gasteiger charge is 2.25. The van der Waals surface area contributed by atoms with Crippen molar-refractivity contribution < 1.29 is 37.8 Å². The van der Waals surface area contributed by atoms with Gasteiger partial charge in [-0.05, 0) is 18.2 Å². The van der Waals surface area contributed by atoms with E-state index in [9.17, 15) is 8.78 Å². The molecule has 23 heavy (non-hydrogen) atoms. The average Bonchev–Trinajstić information content (AvgIpc) is 3.17. The first-order valence-corrected chi connectivity index (χ1v) is 6.56. The number of hydrogen-bond acceptors (Lipinski definition) is 6. The summed E-state index contributed by atoms with van der Waals surface area (Å²) in [5, 5.41) is 17.5. The van der Waals surface area contributed by atoms with Crippen LogP contribution in [0.5, 0.6) is 23.0 Å². The SMILES string of the molecule is Fc1cccc2c1OCO2.OB(O)c1ccc2c(c1F)OCO2. The molecule has 0 saturated heterocycles. The van der Waals surface area contributed by atoms with Crippen LogP contribution in [0, 0.1) is 11.6 Å². The summed E-state index contributed by atoms with van der Waals surface area (Å²) < 4.78 is 45.4. The maximum absolute atomic E-state index is 13.3. The molecule has 2 aliphatic heterocycles. The molecule has 120 valence electrons. The van der Waals surface area contributed by atoms with Crippen molar-refractivity contribution in [1.29, 1.82) is 0 Å². The van der Waals surface area contributed by atoms with Crippen molar-refractivity contribution in [2.24, 2.45) is 0 Å². The van der Waals surface area contributed by atoms with Gasteiger partial charge in [-0.25, -0.2) is 8.78 Å². The summed E-state index contributed by atoms with van der Waals surface area (Å²) in [6.07, 6.45) is 0. The van der Waals surface area contributed by atoms with E-state index in [1.807, 2.05) is 0 Å². The second-order valence-corrected chi connectivity index (χ2v) is 4.55. The second kappa shape index (κ2) is 6.31. The van der Waals surface area contributed by atoms with Crippen LogP contribution in [-0.4, -0.2) is 30.8 Å². The van der Waals surface area contributed by atoms with Crippen molar-refractivity contribution in [3.8, 4) is 23.0 Å². The first-order valence-electron chi connectivity index (χ1n) is 6.56. The molecule has 6 nitrogen and oxygen atoms in total. The molecule has 2 aromatic carbocycles. The molecule has 0 atom stereocenters. The van der Waals surface area contributed by atoms with Crippen molar-refractivity contribution in [2.75, 3.05) is 13.6 Å². The number of ether oxygens (including phenoxy) is 4. The zero-order valence-electron chi connectivity index (χ0n) is 11.7. The van der Waals surface area contributed by atoms with Crippen molar-refractivity contribution >= 4 is 12.6 Å². The van der Waals surface area contributed by atoms with E-state index in [0.29, 0.717) is 5.75 Å². The number of rotatable bonds is 1. The molecule has 2 N–H and O–H groups in total. The quantitative estimate of drug-likeness (QED) is 0.756. The lowest BCUT2D eigenvalue weighted by Crippen LogP contribution is -2.32. The van der Waals surface area contributed by atoms with Gasteiger partial charge in [-0.1, -0.05) is 12.1 Å². The minimum atomic E-state index is -1.84. The van der Waals surface area contributed by atoms with Gasteiger partial charge >= 0.3 is 7.12 Å². The average molecular weight is 324 g/mol. The Morgan fingerprint density at radius 1 is 0.826 bits per heavy atom. The predicted octanol–water partition coefficient (Wildman–Crippen LogP) is 0.789. The van der Waals surface area contributed by atoms with E-state index in [4.69, 9.17) is 29.0 Å². The van der Waals surface area contributed by atoms with E-state index in [1.54, 1.807) is 12.1 Å². The summed E-state index contributed by atoms with van der Waals surface area (Å²) in [6.45, 7) is 0.0769. The maximum atomic E-state index is 13.3. The Labute approximate surface area is 129 Å². The fraction of sp³-hybridized carbons (Fsp3) is 0.143. The van der Waals surface area contributed by atoms with Crippen LogP contribution in [0.25, 0.3) is 0 Å². The largest absolute Gasteiger partial charge is 0.491 e. The van der Waals surface area contributed by atoms with Crippen molar-refractivity contribution in [3.05, 3.63) is 42.0 Å². The Kier molecular flexibility index (Phi) is 4.22. The van der Waals surface area contributed by atoms with Crippen LogP contribution in [0.3, 0.4) is 0 Å². The van der Waals surface area contributed by atoms with Crippen LogP contribution >= 0.6 is 0 Å². The van der Waals surface area contributed by atoms with Crippen LogP contribution in [0.1, 0.15) is 0 Å². The van der Waals surface area contributed by atoms with Gasteiger partial charge in [-0.2, -0.15) is 0 Å². The van der Waals surface area contributed by atoms with Crippen molar-refractivity contribution in [3.63, 3.8) is 0 Å². The van der Waals surface area contributed by atoms with Gasteiger partial charge in [-0.3, -0.25) is 0 Å². The van der Waals surface area contributed by atoms with Gasteiger partial charge in [-0.15, -0.1) is 0 Å². The molecule has 0 amide bonds. The Morgan fingerprint density at radius 3 is 2.13 bits per heavy atom. The van der Waals surface area contributed by atoms with Gasteiger partial charge in [0.2, 0.25) is 25.1 Å². The van der Waals surface area contributed by atoms with E-state index in [-0.39, 0.29) is 42.1 Å². The fourth-order valence-electron chi connectivity index (χ4n) is 2.05. The predicted molar refractivity (Wildman–Crippen MR) is 74.9 cm³/mol. The monoisotopic (exact) mass is 324 g/mol. The van der Waals surface area contributed by atoms with E-state index in [0.717, 1.165) is 0 Å². The molecule has 2 heterocycles. The summed E-state index contributed by atoms with van der Waals surface area (Å²) in [5.41, 5.74) is -0.218. The molecule has 0 unspecified atom stereocenters. The van der Waals surface area contributed by atoms with E-state index >= 15 is 0 Å². The van der Waals surface area contributed by atoms with Gasteiger partial charge in [0.25, 0.3) is 0 Å². The minimum Gasteiger partial charge on any atom is -0.453 e. The molecule has 0 radical (unpaired) electrons. The van der Waals surface area contributed by atoms with E-state index < -0.39 is 12.9 Å². The fourth-order valence-corrected chi connectivity index (χ4v) is 2.05. The van der Waals surface area contributed by atoms with Gasteiger partial charge in [0.05, 0.1) is 0 Å². The molecule has 0 aromatic heterocycles. The molecule has 2 aromatic rings. The summed E-state index contributed by atoms with van der Waals surface area (Å²) >= 11 is 0. The van der Waals surface area contributed by atoms with Gasteiger partial charge in [0, 0.05) is 5.46 Å². The molecule has 9 heteroatoms. The highest BCUT2D eigenvalue weighted by atomic mass is 19.1. The van der Waals surface area contributed by atoms with Crippen LogP contribution in [0.15, 0.2) is 30.3 Å². The molecule has 0 aliphatic carbocycles. The molecule has 4 rings (SSSR count). The molecule has 0 saturated carbocycles. The van der Waals surface area contributed by atoms with Gasteiger partial charge < -0.3 is 29.0 Å². The molecular formula is C14H11BF2O6. The van der Waals surface area contributed by atoms with Gasteiger partial charge in [0.15, 0.2) is 23.1 Å². The van der Waals surface area contributed by atoms with Crippen molar-refractivity contribution in [1.82, 2.24) is 0 Å². The third-order valence-electron chi connectivity index (χ3n) is 3.14. The summed E-state index contributed by atoms with van der Waals surface area (Å²) in [6, 6.07) is 7.27.